The van der Waals surface area contributed by atoms with Crippen LogP contribution in [0.5, 0.6) is 0 Å². The van der Waals surface area contributed by atoms with Crippen LogP contribution in [0.4, 0.5) is 0 Å². The van der Waals surface area contributed by atoms with Crippen LogP contribution in [0.2, 0.25) is 0 Å². The fraction of sp³-hybridized carbons (Fsp3) is 0.529. The summed E-state index contributed by atoms with van der Waals surface area (Å²) in [5, 5.41) is 0. The van der Waals surface area contributed by atoms with Crippen LogP contribution < -0.4 is 0 Å². The first-order valence-corrected chi connectivity index (χ1v) is 7.59. The van der Waals surface area contributed by atoms with E-state index in [1.807, 2.05) is 11.5 Å². The molecule has 0 saturated carbocycles. The molecule has 1 aliphatic carbocycles. The van der Waals surface area contributed by atoms with Crippen LogP contribution in [0.3, 0.4) is 0 Å². The average molecular weight is 303 g/mol. The summed E-state index contributed by atoms with van der Waals surface area (Å²) in [4.78, 5) is 25.5. The third kappa shape index (κ3) is 1.88. The van der Waals surface area contributed by atoms with E-state index in [-0.39, 0.29) is 23.2 Å². The summed E-state index contributed by atoms with van der Waals surface area (Å²) in [6.45, 7) is 4.97. The van der Waals surface area contributed by atoms with Gasteiger partial charge in [-0.25, -0.2) is 0 Å². The van der Waals surface area contributed by atoms with E-state index in [4.69, 9.17) is 9.47 Å². The predicted molar refractivity (Wildman–Crippen MR) is 81.4 cm³/mol. The molecule has 1 aromatic heterocycles. The Balaban J connectivity index is 2.24. The van der Waals surface area contributed by atoms with Crippen molar-refractivity contribution in [3.8, 4) is 0 Å². The minimum Gasteiger partial charge on any atom is -0.492 e. The summed E-state index contributed by atoms with van der Waals surface area (Å²) < 4.78 is 12.5. The molecule has 2 aliphatic rings. The zero-order valence-corrected chi connectivity index (χ0v) is 13.5. The van der Waals surface area contributed by atoms with Gasteiger partial charge in [0.1, 0.15) is 5.69 Å². The number of methoxy groups -OCH3 is 2. The molecule has 2 heterocycles. The lowest BCUT2D eigenvalue weighted by atomic mass is 9.90. The predicted octanol–water partition coefficient (Wildman–Crippen LogP) is 2.62. The third-order valence-corrected chi connectivity index (χ3v) is 4.78. The zero-order chi connectivity index (χ0) is 16.0. The molecule has 0 saturated heterocycles. The van der Waals surface area contributed by atoms with E-state index in [9.17, 15) is 9.59 Å². The Hall–Kier alpha value is -1.88. The first-order chi connectivity index (χ1) is 10.5. The van der Waals surface area contributed by atoms with Gasteiger partial charge in [-0.05, 0) is 32.3 Å². The van der Waals surface area contributed by atoms with Gasteiger partial charge in [-0.3, -0.25) is 9.59 Å². The van der Waals surface area contributed by atoms with Crippen LogP contribution in [-0.4, -0.2) is 37.0 Å². The summed E-state index contributed by atoms with van der Waals surface area (Å²) >= 11 is 0. The largest absolute Gasteiger partial charge is 0.492 e. The van der Waals surface area contributed by atoms with Crippen LogP contribution in [-0.2, 0) is 16.0 Å². The van der Waals surface area contributed by atoms with Gasteiger partial charge in [0.05, 0.1) is 19.3 Å². The molecule has 5 nitrogen and oxygen atoms in total. The number of ether oxygens (including phenoxy) is 2. The molecule has 22 heavy (non-hydrogen) atoms. The summed E-state index contributed by atoms with van der Waals surface area (Å²) in [5.74, 6) is 0.132. The molecule has 1 aromatic rings. The number of carbonyl (C=O) groups is 2. The van der Waals surface area contributed by atoms with Crippen molar-refractivity contribution in [3.05, 3.63) is 33.8 Å². The number of aromatic nitrogens is 1. The van der Waals surface area contributed by atoms with Crippen LogP contribution in [0.15, 0.2) is 11.3 Å². The first kappa shape index (κ1) is 15.0. The Bertz CT molecular complexity index is 696. The quantitative estimate of drug-likeness (QED) is 0.861. The van der Waals surface area contributed by atoms with Crippen molar-refractivity contribution in [1.82, 2.24) is 4.57 Å². The molecule has 0 N–H and O–H groups in total. The van der Waals surface area contributed by atoms with E-state index >= 15 is 0 Å². The summed E-state index contributed by atoms with van der Waals surface area (Å²) in [6.07, 6.45) is 2.01. The lowest BCUT2D eigenvalue weighted by Crippen LogP contribution is -2.26. The third-order valence-electron chi connectivity index (χ3n) is 4.78. The molecule has 1 atom stereocenters. The highest BCUT2D eigenvalue weighted by Crippen LogP contribution is 2.39. The number of nitrogens with zero attached hydrogens (tertiary/aromatic N) is 1. The molecule has 118 valence electrons. The number of ketones is 2. The number of Topliss-reactive ketones (excluding diaryl/α,β-unsaturated/α-hetero) is 2. The highest BCUT2D eigenvalue weighted by molar-refractivity contribution is 6.26. The second kappa shape index (κ2) is 5.39. The molecule has 0 radical (unpaired) electrons. The smallest absolute Gasteiger partial charge is 0.230 e. The maximum Gasteiger partial charge on any atom is 0.230 e. The average Bonchev–Trinajstić information content (AvgIpc) is 2.80. The molecular formula is C17H21NO4. The van der Waals surface area contributed by atoms with Crippen molar-refractivity contribution in [2.24, 2.45) is 0 Å². The molecular weight excluding hydrogens is 282 g/mol. The minimum atomic E-state index is -0.176. The van der Waals surface area contributed by atoms with Gasteiger partial charge in [-0.1, -0.05) is 0 Å². The van der Waals surface area contributed by atoms with Crippen molar-refractivity contribution in [3.63, 3.8) is 0 Å². The van der Waals surface area contributed by atoms with Gasteiger partial charge in [0.2, 0.25) is 11.6 Å². The zero-order valence-electron chi connectivity index (χ0n) is 13.5. The van der Waals surface area contributed by atoms with Gasteiger partial charge in [0, 0.05) is 30.8 Å². The van der Waals surface area contributed by atoms with E-state index in [2.05, 4.69) is 0 Å². The Kier molecular flexibility index (Phi) is 3.68. The fourth-order valence-corrected chi connectivity index (χ4v) is 3.84. The Labute approximate surface area is 129 Å². The molecule has 0 fully saturated rings. The summed E-state index contributed by atoms with van der Waals surface area (Å²) in [6, 6.07) is 0. The summed E-state index contributed by atoms with van der Waals surface area (Å²) in [7, 11) is 3.12. The first-order valence-electron chi connectivity index (χ1n) is 7.59. The SMILES string of the molecule is COCC1CCCn2c3c(c(C)c21)C(=O)C(OC)=C(C)C3=O. The van der Waals surface area contributed by atoms with Gasteiger partial charge >= 0.3 is 0 Å². The molecule has 0 bridgehead atoms. The van der Waals surface area contributed by atoms with Gasteiger partial charge in [0.15, 0.2) is 5.76 Å². The molecule has 0 aromatic carbocycles. The molecule has 0 amide bonds. The lowest BCUT2D eigenvalue weighted by molar-refractivity contribution is 0.0901. The number of hydrogen-bond donors (Lipinski definition) is 0. The van der Waals surface area contributed by atoms with E-state index in [1.165, 1.54) is 7.11 Å². The maximum absolute atomic E-state index is 12.7. The normalized spacial score (nSPS) is 21.0. The Morgan fingerprint density at radius 3 is 2.55 bits per heavy atom. The van der Waals surface area contributed by atoms with Gasteiger partial charge < -0.3 is 14.0 Å². The number of rotatable bonds is 3. The number of hydrogen-bond acceptors (Lipinski definition) is 4. The van der Waals surface area contributed by atoms with Gasteiger partial charge in [0.25, 0.3) is 0 Å². The van der Waals surface area contributed by atoms with E-state index in [1.54, 1.807) is 14.0 Å². The van der Waals surface area contributed by atoms with E-state index in [0.29, 0.717) is 23.4 Å². The van der Waals surface area contributed by atoms with Crippen molar-refractivity contribution in [2.45, 2.75) is 39.2 Å². The highest BCUT2D eigenvalue weighted by Gasteiger charge is 2.39. The van der Waals surface area contributed by atoms with Crippen molar-refractivity contribution in [1.29, 1.82) is 0 Å². The second-order valence-corrected chi connectivity index (χ2v) is 6.00. The lowest BCUT2D eigenvalue weighted by Gasteiger charge is -2.26. The maximum atomic E-state index is 12.7. The van der Waals surface area contributed by atoms with Crippen molar-refractivity contribution in [2.75, 3.05) is 20.8 Å². The fourth-order valence-electron chi connectivity index (χ4n) is 3.84. The Morgan fingerprint density at radius 2 is 1.91 bits per heavy atom. The second-order valence-electron chi connectivity index (χ2n) is 6.00. The van der Waals surface area contributed by atoms with Gasteiger partial charge in [-0.2, -0.15) is 0 Å². The topological polar surface area (TPSA) is 57.5 Å². The molecule has 5 heteroatoms. The number of fused-ring (bicyclic) bond motifs is 3. The van der Waals surface area contributed by atoms with Crippen LogP contribution in [0, 0.1) is 6.92 Å². The van der Waals surface area contributed by atoms with Crippen molar-refractivity contribution < 1.29 is 19.1 Å². The standard InChI is InChI=1S/C17H21NO4/c1-9-12-14(15(19)10(2)17(22-4)16(12)20)18-7-5-6-11(8-21-3)13(9)18/h11H,5-8H2,1-4H3. The molecule has 3 rings (SSSR count). The summed E-state index contributed by atoms with van der Waals surface area (Å²) in [5.41, 5.74) is 3.43. The monoisotopic (exact) mass is 303 g/mol. The van der Waals surface area contributed by atoms with E-state index < -0.39 is 0 Å². The highest BCUT2D eigenvalue weighted by atomic mass is 16.5. The van der Waals surface area contributed by atoms with Crippen LogP contribution >= 0.6 is 0 Å². The number of allylic oxidation sites excluding steroid dienone is 2. The molecule has 1 unspecified atom stereocenters. The Morgan fingerprint density at radius 1 is 1.18 bits per heavy atom. The van der Waals surface area contributed by atoms with Gasteiger partial charge in [-0.15, -0.1) is 0 Å². The van der Waals surface area contributed by atoms with Crippen LogP contribution in [0.25, 0.3) is 0 Å². The van der Waals surface area contributed by atoms with Crippen LogP contribution in [0.1, 0.15) is 57.8 Å². The molecule has 0 spiro atoms. The van der Waals surface area contributed by atoms with E-state index in [0.717, 1.165) is 30.6 Å². The minimum absolute atomic E-state index is 0.0983. The van der Waals surface area contributed by atoms with Crippen molar-refractivity contribution >= 4 is 11.6 Å². The number of carbonyl (C=O) groups excluding carboxylic acids is 2. The molecule has 1 aliphatic heterocycles.